The van der Waals surface area contributed by atoms with Crippen molar-refractivity contribution in [3.63, 3.8) is 0 Å². The molecule has 0 heterocycles. The summed E-state index contributed by atoms with van der Waals surface area (Å²) in [6.07, 6.45) is -1.18. The topological polar surface area (TPSA) is 69.6 Å². The van der Waals surface area contributed by atoms with Crippen molar-refractivity contribution in [1.29, 1.82) is 0 Å². The lowest BCUT2D eigenvalue weighted by molar-refractivity contribution is -0.128. The van der Waals surface area contributed by atoms with Crippen molar-refractivity contribution < 1.29 is 14.7 Å². The molecule has 6 heteroatoms. The van der Waals surface area contributed by atoms with E-state index in [4.69, 9.17) is 5.11 Å². The van der Waals surface area contributed by atoms with Gasteiger partial charge in [-0.05, 0) is 6.92 Å². The molecule has 2 amide bonds. The van der Waals surface area contributed by atoms with Crippen LogP contribution in [0.3, 0.4) is 0 Å². The van der Waals surface area contributed by atoms with Gasteiger partial charge in [0.1, 0.15) is 6.54 Å². The molecule has 0 spiro atoms. The quantitative estimate of drug-likeness (QED) is 0.676. The van der Waals surface area contributed by atoms with Crippen molar-refractivity contribution >= 4 is 24.4 Å². The summed E-state index contributed by atoms with van der Waals surface area (Å²) in [5.41, 5.74) is 0. The van der Waals surface area contributed by atoms with Crippen LogP contribution in [0.15, 0.2) is 0 Å². The fraction of sp³-hybridized carbons (Fsp3) is 0.667. The van der Waals surface area contributed by atoms with Crippen molar-refractivity contribution in [2.24, 2.45) is 0 Å². The third kappa shape index (κ3) is 5.79. The molecule has 0 bridgehead atoms. The Balaban J connectivity index is 0. The summed E-state index contributed by atoms with van der Waals surface area (Å²) in [4.78, 5) is 22.3. The van der Waals surface area contributed by atoms with Crippen LogP contribution in [0.4, 0.5) is 4.79 Å². The highest BCUT2D eigenvalue weighted by Gasteiger charge is 2.06. The number of likely N-dealkylation sites (N-methyl/N-ethyl adjacent to an activating group) is 1. The van der Waals surface area contributed by atoms with Gasteiger partial charge >= 0.3 is 6.09 Å². The molecule has 2 N–H and O–H groups in total. The Morgan fingerprint density at radius 2 is 2.00 bits per heavy atom. The Morgan fingerprint density at radius 3 is 2.33 bits per heavy atom. The van der Waals surface area contributed by atoms with Crippen molar-refractivity contribution in [3.8, 4) is 0 Å². The van der Waals surface area contributed by atoms with E-state index in [0.29, 0.717) is 6.54 Å². The molecule has 72 valence electrons. The number of carbonyl (C=O) groups is 2. The van der Waals surface area contributed by atoms with Crippen molar-refractivity contribution in [2.45, 2.75) is 6.92 Å². The molecule has 0 fully saturated rings. The normalized spacial score (nSPS) is 8.17. The molecule has 0 atom stereocenters. The van der Waals surface area contributed by atoms with E-state index in [-0.39, 0.29) is 24.9 Å². The molecule has 0 aliphatic heterocycles. The van der Waals surface area contributed by atoms with Crippen LogP contribution in [0.1, 0.15) is 6.92 Å². The Bertz CT molecular complexity index is 163. The van der Waals surface area contributed by atoms with Crippen LogP contribution < -0.4 is 5.32 Å². The standard InChI is InChI=1S/C6H12N2O3.ClH/c1-3-8(2)5(9)4-7-6(10)11;/h7H,3-4H2,1-2H3,(H,10,11);1H. The van der Waals surface area contributed by atoms with Gasteiger partial charge in [-0.1, -0.05) is 0 Å². The van der Waals surface area contributed by atoms with E-state index < -0.39 is 6.09 Å². The molecule has 0 aliphatic carbocycles. The predicted molar refractivity (Wildman–Crippen MR) is 46.6 cm³/mol. The summed E-state index contributed by atoms with van der Waals surface area (Å²) in [5.74, 6) is -0.227. The average molecular weight is 197 g/mol. The minimum atomic E-state index is -1.18. The van der Waals surface area contributed by atoms with Gasteiger partial charge in [-0.2, -0.15) is 0 Å². The van der Waals surface area contributed by atoms with Crippen LogP contribution in [0.5, 0.6) is 0 Å². The van der Waals surface area contributed by atoms with Gasteiger partial charge in [0.25, 0.3) is 0 Å². The second-order valence-electron chi connectivity index (χ2n) is 2.07. The Morgan fingerprint density at radius 1 is 1.50 bits per heavy atom. The zero-order chi connectivity index (χ0) is 8.85. The molecule has 0 aromatic rings. The van der Waals surface area contributed by atoms with Gasteiger partial charge in [-0.25, -0.2) is 4.79 Å². The monoisotopic (exact) mass is 196 g/mol. The first-order valence-electron chi connectivity index (χ1n) is 3.28. The van der Waals surface area contributed by atoms with Gasteiger partial charge < -0.3 is 15.3 Å². The summed E-state index contributed by atoms with van der Waals surface area (Å²) in [7, 11) is 1.62. The van der Waals surface area contributed by atoms with E-state index in [1.165, 1.54) is 4.90 Å². The van der Waals surface area contributed by atoms with E-state index in [1.807, 2.05) is 12.2 Å². The van der Waals surface area contributed by atoms with Gasteiger partial charge in [0.2, 0.25) is 5.91 Å². The van der Waals surface area contributed by atoms with Crippen LogP contribution >= 0.6 is 12.4 Å². The molecule has 0 radical (unpaired) electrons. The molecule has 0 saturated heterocycles. The highest BCUT2D eigenvalue weighted by molar-refractivity contribution is 5.85. The number of nitrogens with one attached hydrogen (secondary N) is 1. The highest BCUT2D eigenvalue weighted by atomic mass is 35.5. The summed E-state index contributed by atoms with van der Waals surface area (Å²) >= 11 is 0. The zero-order valence-corrected chi connectivity index (χ0v) is 7.85. The van der Waals surface area contributed by atoms with Crippen molar-refractivity contribution in [3.05, 3.63) is 0 Å². The minimum Gasteiger partial charge on any atom is -0.465 e. The molecule has 0 saturated carbocycles. The zero-order valence-electron chi connectivity index (χ0n) is 7.03. The van der Waals surface area contributed by atoms with Gasteiger partial charge in [0.05, 0.1) is 0 Å². The Kier molecular flexibility index (Phi) is 7.62. The van der Waals surface area contributed by atoms with Crippen molar-refractivity contribution in [1.82, 2.24) is 10.2 Å². The maximum absolute atomic E-state index is 10.9. The number of hydrogen-bond donors (Lipinski definition) is 2. The average Bonchev–Trinajstić information content (AvgIpc) is 1.98. The van der Waals surface area contributed by atoms with E-state index >= 15 is 0 Å². The number of carbonyl (C=O) groups excluding carboxylic acids is 1. The summed E-state index contributed by atoms with van der Waals surface area (Å²) < 4.78 is 0. The third-order valence-electron chi connectivity index (χ3n) is 1.29. The number of nitrogens with zero attached hydrogens (tertiary/aromatic N) is 1. The molecule has 0 unspecified atom stereocenters. The molecule has 0 aromatic heterocycles. The van der Waals surface area contributed by atoms with E-state index in [2.05, 4.69) is 0 Å². The van der Waals surface area contributed by atoms with Crippen LogP contribution in [0.2, 0.25) is 0 Å². The number of rotatable bonds is 3. The van der Waals surface area contributed by atoms with Gasteiger partial charge in [-0.3, -0.25) is 4.79 Å². The van der Waals surface area contributed by atoms with Crippen LogP contribution in [-0.4, -0.2) is 42.1 Å². The molecular weight excluding hydrogens is 184 g/mol. The summed E-state index contributed by atoms with van der Waals surface area (Å²) in [5, 5.41) is 10.1. The molecule has 0 aromatic carbocycles. The number of hydrogen-bond acceptors (Lipinski definition) is 2. The van der Waals surface area contributed by atoms with Gasteiger partial charge in [0.15, 0.2) is 0 Å². The van der Waals surface area contributed by atoms with E-state index in [9.17, 15) is 9.59 Å². The molecule has 0 rings (SSSR count). The van der Waals surface area contributed by atoms with E-state index in [1.54, 1.807) is 7.05 Å². The lowest BCUT2D eigenvalue weighted by atomic mass is 10.5. The lowest BCUT2D eigenvalue weighted by Gasteiger charge is -2.13. The van der Waals surface area contributed by atoms with Crippen molar-refractivity contribution in [2.75, 3.05) is 20.1 Å². The van der Waals surface area contributed by atoms with Crippen LogP contribution in [0, 0.1) is 0 Å². The minimum absolute atomic E-state index is 0. The fourth-order valence-electron chi connectivity index (χ4n) is 0.463. The molecule has 5 nitrogen and oxygen atoms in total. The fourth-order valence-corrected chi connectivity index (χ4v) is 0.463. The first-order chi connectivity index (χ1) is 5.07. The largest absolute Gasteiger partial charge is 0.465 e. The second-order valence-corrected chi connectivity index (χ2v) is 2.07. The second kappa shape index (κ2) is 6.72. The third-order valence-corrected chi connectivity index (χ3v) is 1.29. The van der Waals surface area contributed by atoms with Crippen LogP contribution in [-0.2, 0) is 4.79 Å². The first-order valence-corrected chi connectivity index (χ1v) is 3.28. The Labute approximate surface area is 77.1 Å². The summed E-state index contributed by atoms with van der Waals surface area (Å²) in [6, 6.07) is 0. The number of carboxylic acid groups (broad SMARTS) is 1. The molecule has 12 heavy (non-hydrogen) atoms. The van der Waals surface area contributed by atoms with Gasteiger partial charge in [0, 0.05) is 13.6 Å². The Hall–Kier alpha value is -0.970. The SMILES string of the molecule is CCN(C)C(=O)CNC(=O)O.Cl. The smallest absolute Gasteiger partial charge is 0.405 e. The number of amides is 2. The van der Waals surface area contributed by atoms with E-state index in [0.717, 1.165) is 0 Å². The maximum atomic E-state index is 10.9. The predicted octanol–water partition coefficient (Wildman–Crippen LogP) is 0.154. The maximum Gasteiger partial charge on any atom is 0.405 e. The molecule has 0 aliphatic rings. The van der Waals surface area contributed by atoms with Crippen LogP contribution in [0.25, 0.3) is 0 Å². The lowest BCUT2D eigenvalue weighted by Crippen LogP contribution is -2.37. The number of halogens is 1. The molecular formula is C6H13ClN2O3. The summed E-state index contributed by atoms with van der Waals surface area (Å²) in [6.45, 7) is 2.25. The highest BCUT2D eigenvalue weighted by Crippen LogP contribution is 1.80. The first kappa shape index (κ1) is 13.6. The van der Waals surface area contributed by atoms with Gasteiger partial charge in [-0.15, -0.1) is 12.4 Å².